The van der Waals surface area contributed by atoms with Crippen LogP contribution in [0.2, 0.25) is 0 Å². The van der Waals surface area contributed by atoms with Crippen LogP contribution in [-0.2, 0) is 4.74 Å². The number of hydrogen-bond donors (Lipinski definition) is 1. The molecule has 1 fully saturated rings. The molecule has 1 heterocycles. The second-order valence-corrected chi connectivity index (χ2v) is 2.96. The largest absolute Gasteiger partial charge is 0.378 e. The molecule has 3 heteroatoms. The number of ether oxygens (including phenoxy) is 1. The molecule has 1 aliphatic heterocycles. The normalized spacial score (nSPS) is 26.6. The molecule has 3 N–H and O–H groups in total. The smallest absolute Gasteiger partial charge is 0.171 e. The Morgan fingerprint density at radius 2 is 2.56 bits per heavy atom. The molecule has 1 atom stereocenters. The summed E-state index contributed by atoms with van der Waals surface area (Å²) < 4.78 is 5.34. The number of quaternary nitrogens is 1. The predicted molar refractivity (Wildman–Crippen MR) is 39.1 cm³/mol. The van der Waals surface area contributed by atoms with Crippen LogP contribution < -0.4 is 5.73 Å². The first-order valence-corrected chi connectivity index (χ1v) is 3.66. The molecule has 52 valence electrons. The van der Waals surface area contributed by atoms with Crippen LogP contribution in [0.4, 0.5) is 0 Å². The van der Waals surface area contributed by atoms with Crippen LogP contribution in [0.1, 0.15) is 19.3 Å². The van der Waals surface area contributed by atoms with E-state index >= 15 is 0 Å². The van der Waals surface area contributed by atoms with Crippen molar-refractivity contribution < 1.29 is 10.5 Å². The van der Waals surface area contributed by atoms with E-state index in [1.165, 1.54) is 6.42 Å². The molecule has 0 aromatic carbocycles. The van der Waals surface area contributed by atoms with Crippen molar-refractivity contribution in [3.63, 3.8) is 0 Å². The number of hydrogen-bond acceptors (Lipinski definition) is 2. The molecule has 9 heavy (non-hydrogen) atoms. The molecule has 2 nitrogen and oxygen atoms in total. The monoisotopic (exact) mass is 146 g/mol. The van der Waals surface area contributed by atoms with Crippen LogP contribution in [0.25, 0.3) is 0 Å². The van der Waals surface area contributed by atoms with Gasteiger partial charge in [0.25, 0.3) is 0 Å². The van der Waals surface area contributed by atoms with E-state index < -0.39 is 0 Å². The predicted octanol–water partition coefficient (Wildman–Crippen LogP) is 0.125. The Hall–Kier alpha value is 0.01000. The van der Waals surface area contributed by atoms with E-state index in [-0.39, 0.29) is 0 Å². The van der Waals surface area contributed by atoms with Crippen molar-refractivity contribution >= 4 is 17.2 Å². The van der Waals surface area contributed by atoms with Crippen LogP contribution in [0.15, 0.2) is 0 Å². The van der Waals surface area contributed by atoms with Crippen molar-refractivity contribution in [3.8, 4) is 0 Å². The first kappa shape index (κ1) is 7.12. The molecule has 0 spiro atoms. The highest BCUT2D eigenvalue weighted by Gasteiger charge is 2.16. The Labute approximate surface area is 60.4 Å². The maximum Gasteiger partial charge on any atom is 0.171 e. The molecule has 1 saturated heterocycles. The highest BCUT2D eigenvalue weighted by Crippen LogP contribution is 2.14. The third kappa shape index (κ3) is 2.39. The van der Waals surface area contributed by atoms with Crippen molar-refractivity contribution in [1.29, 1.82) is 0 Å². The third-order valence-corrected chi connectivity index (χ3v) is 1.65. The van der Waals surface area contributed by atoms with Crippen molar-refractivity contribution in [2.45, 2.75) is 25.4 Å². The van der Waals surface area contributed by atoms with Gasteiger partial charge in [-0.3, -0.25) is 0 Å². The molecule has 0 aromatic heterocycles. The first-order chi connectivity index (χ1) is 4.29. The third-order valence-electron chi connectivity index (χ3n) is 1.48. The fourth-order valence-corrected chi connectivity index (χ4v) is 1.25. The molecule has 0 radical (unpaired) electrons. The summed E-state index contributed by atoms with van der Waals surface area (Å²) in [5.74, 6) is 0. The molecule has 0 aliphatic carbocycles. The minimum Gasteiger partial charge on any atom is -0.378 e. The van der Waals surface area contributed by atoms with Gasteiger partial charge in [-0.2, -0.15) is 0 Å². The average molecular weight is 146 g/mol. The molecule has 0 bridgehead atoms. The lowest BCUT2D eigenvalue weighted by atomic mass is 10.2. The van der Waals surface area contributed by atoms with Gasteiger partial charge in [0, 0.05) is 6.61 Å². The zero-order chi connectivity index (χ0) is 6.69. The number of rotatable bonds is 2. The van der Waals surface area contributed by atoms with Gasteiger partial charge in [0.05, 0.1) is 12.5 Å². The quantitative estimate of drug-likeness (QED) is 0.562. The van der Waals surface area contributed by atoms with E-state index in [0.717, 1.165) is 24.4 Å². The molecule has 0 amide bonds. The minimum absolute atomic E-state index is 0.384. The maximum atomic E-state index is 5.34. The van der Waals surface area contributed by atoms with Crippen LogP contribution in [0.5, 0.6) is 0 Å². The molecule has 1 rings (SSSR count). The standard InChI is InChI=1S/C6H11NOS/c7-6(9)4-5-2-1-3-8-5/h5H,1-4H2,(H2,7,9)/p+1. The second kappa shape index (κ2) is 3.25. The summed E-state index contributed by atoms with van der Waals surface area (Å²) in [7, 11) is 0. The Balaban J connectivity index is 2.19. The fraction of sp³-hybridized carbons (Fsp3) is 0.833. The van der Waals surface area contributed by atoms with Crippen LogP contribution in [-0.4, -0.2) is 17.7 Å². The van der Waals surface area contributed by atoms with Crippen LogP contribution in [0.3, 0.4) is 0 Å². The van der Waals surface area contributed by atoms with Gasteiger partial charge in [0.2, 0.25) is 0 Å². The Bertz CT molecular complexity index is 110. The van der Waals surface area contributed by atoms with Crippen molar-refractivity contribution in [2.75, 3.05) is 6.61 Å². The van der Waals surface area contributed by atoms with Gasteiger partial charge in [-0.25, -0.2) is 0 Å². The van der Waals surface area contributed by atoms with Crippen LogP contribution >= 0.6 is 12.2 Å². The lowest BCUT2D eigenvalue weighted by Crippen LogP contribution is -2.56. The van der Waals surface area contributed by atoms with E-state index in [2.05, 4.69) is 5.73 Å². The van der Waals surface area contributed by atoms with Gasteiger partial charge in [0.15, 0.2) is 4.99 Å². The Kier molecular flexibility index (Phi) is 2.57. The van der Waals surface area contributed by atoms with E-state index in [1.807, 2.05) is 0 Å². The zero-order valence-corrected chi connectivity index (χ0v) is 6.25. The summed E-state index contributed by atoms with van der Waals surface area (Å²) in [5, 5.41) is 0. The van der Waals surface area contributed by atoms with E-state index in [0.29, 0.717) is 6.10 Å². The molecular weight excluding hydrogens is 134 g/mol. The van der Waals surface area contributed by atoms with E-state index in [4.69, 9.17) is 17.0 Å². The fourth-order valence-electron chi connectivity index (χ4n) is 1.06. The van der Waals surface area contributed by atoms with Gasteiger partial charge < -0.3 is 10.5 Å². The van der Waals surface area contributed by atoms with Gasteiger partial charge in [0.1, 0.15) is 0 Å². The SMILES string of the molecule is [NH3+]C(=S)CC1CCCO1. The highest BCUT2D eigenvalue weighted by molar-refractivity contribution is 7.79. The van der Waals surface area contributed by atoms with Gasteiger partial charge in [-0.1, -0.05) is 0 Å². The first-order valence-electron chi connectivity index (χ1n) is 3.25. The molecular formula is C6H12NOS+. The highest BCUT2D eigenvalue weighted by atomic mass is 32.1. The Morgan fingerprint density at radius 1 is 1.78 bits per heavy atom. The molecule has 1 unspecified atom stereocenters. The molecule has 0 aromatic rings. The summed E-state index contributed by atoms with van der Waals surface area (Å²) in [4.78, 5) is 0.821. The van der Waals surface area contributed by atoms with E-state index in [1.54, 1.807) is 0 Å². The minimum atomic E-state index is 0.384. The summed E-state index contributed by atoms with van der Waals surface area (Å²) in [6.07, 6.45) is 3.60. The van der Waals surface area contributed by atoms with Gasteiger partial charge >= 0.3 is 0 Å². The number of thiocarbonyl (C=S) groups is 1. The van der Waals surface area contributed by atoms with E-state index in [9.17, 15) is 0 Å². The average Bonchev–Trinajstić information content (AvgIpc) is 2.15. The summed E-state index contributed by atoms with van der Waals surface area (Å²) in [5.41, 5.74) is 3.65. The van der Waals surface area contributed by atoms with Crippen molar-refractivity contribution in [1.82, 2.24) is 0 Å². The lowest BCUT2D eigenvalue weighted by Gasteiger charge is -2.03. The van der Waals surface area contributed by atoms with Crippen LogP contribution in [0, 0.1) is 0 Å². The summed E-state index contributed by atoms with van der Waals surface area (Å²) >= 11 is 4.84. The molecule has 1 aliphatic rings. The zero-order valence-electron chi connectivity index (χ0n) is 5.43. The second-order valence-electron chi connectivity index (χ2n) is 2.38. The summed E-state index contributed by atoms with van der Waals surface area (Å²) in [6.45, 7) is 0.910. The van der Waals surface area contributed by atoms with Crippen molar-refractivity contribution in [3.05, 3.63) is 0 Å². The topological polar surface area (TPSA) is 36.9 Å². The Morgan fingerprint density at radius 3 is 3.00 bits per heavy atom. The lowest BCUT2D eigenvalue weighted by molar-refractivity contribution is -0.214. The maximum absolute atomic E-state index is 5.34. The van der Waals surface area contributed by atoms with Crippen molar-refractivity contribution in [2.24, 2.45) is 0 Å². The summed E-state index contributed by atoms with van der Waals surface area (Å²) in [6, 6.07) is 0. The van der Waals surface area contributed by atoms with Gasteiger partial charge in [-0.05, 0) is 25.1 Å². The van der Waals surface area contributed by atoms with Gasteiger partial charge in [-0.15, -0.1) is 0 Å². The molecule has 0 saturated carbocycles.